The molecule has 2 aromatic rings. The molecule has 1 aliphatic heterocycles. The minimum absolute atomic E-state index is 0.310. The molecule has 9 heteroatoms. The van der Waals surface area contributed by atoms with Crippen molar-refractivity contribution in [2.24, 2.45) is 0 Å². The molecule has 0 amide bonds. The van der Waals surface area contributed by atoms with E-state index in [1.54, 1.807) is 30.3 Å². The summed E-state index contributed by atoms with van der Waals surface area (Å²) in [7, 11) is -2.40. The molecule has 3 nitrogen and oxygen atoms in total. The number of hydrogen-bond donors (Lipinski definition) is 0. The molecule has 28 heavy (non-hydrogen) atoms. The maximum atomic E-state index is 13.5. The van der Waals surface area contributed by atoms with Gasteiger partial charge in [-0.1, -0.05) is 37.3 Å². The summed E-state index contributed by atoms with van der Waals surface area (Å²) in [5, 5.41) is -0.629. The van der Waals surface area contributed by atoms with E-state index in [2.05, 4.69) is 0 Å². The van der Waals surface area contributed by atoms with Crippen LogP contribution in [0.1, 0.15) is 13.3 Å². The molecular formula is C19H16B3F3O3. The fourth-order valence-electron chi connectivity index (χ4n) is 3.20. The summed E-state index contributed by atoms with van der Waals surface area (Å²) in [4.78, 5) is 0. The van der Waals surface area contributed by atoms with E-state index < -0.39 is 26.7 Å². The van der Waals surface area contributed by atoms with Crippen LogP contribution in [0, 0.1) is 11.6 Å². The van der Waals surface area contributed by atoms with E-state index in [0.29, 0.717) is 17.3 Å². The zero-order chi connectivity index (χ0) is 19.7. The van der Waals surface area contributed by atoms with Gasteiger partial charge in [-0.3, -0.25) is 0 Å². The highest BCUT2D eigenvalue weighted by atomic mass is 19.1. The third-order valence-corrected chi connectivity index (χ3v) is 4.92. The van der Waals surface area contributed by atoms with Gasteiger partial charge in [0.2, 0.25) is 0 Å². The summed E-state index contributed by atoms with van der Waals surface area (Å²) < 4.78 is 58.0. The topological polar surface area (TPSA) is 27.7 Å². The molecule has 0 bridgehead atoms. The molecule has 0 N–H and O–H groups in total. The zero-order valence-corrected chi connectivity index (χ0v) is 15.1. The maximum Gasteiger partial charge on any atom is 0.466 e. The molecule has 2 aromatic carbocycles. The Kier molecular flexibility index (Phi) is 5.23. The van der Waals surface area contributed by atoms with E-state index in [-0.39, 0.29) is 17.5 Å². The van der Waals surface area contributed by atoms with Gasteiger partial charge in [0.25, 0.3) is 0 Å². The molecule has 1 saturated heterocycles. The quantitative estimate of drug-likeness (QED) is 0.764. The molecule has 1 atom stereocenters. The Morgan fingerprint density at radius 1 is 0.786 bits per heavy atom. The summed E-state index contributed by atoms with van der Waals surface area (Å²) in [6, 6.07) is 11.6. The summed E-state index contributed by atoms with van der Waals surface area (Å²) in [5.41, 5.74) is 1.24. The van der Waals surface area contributed by atoms with Gasteiger partial charge in [-0.2, -0.15) is 0 Å². The SMILES string of the molecule is CC1(B2OB(c3ccc(F)cc3)OB(c3ccc(F)cc3)O2)C=CC(F)=CC1. The third-order valence-electron chi connectivity index (χ3n) is 4.92. The summed E-state index contributed by atoms with van der Waals surface area (Å²) in [6.45, 7) is 1.89. The lowest BCUT2D eigenvalue weighted by atomic mass is 9.50. The first kappa shape index (κ1) is 19.1. The molecular weight excluding hydrogens is 366 g/mol. The molecule has 0 saturated carbocycles. The molecule has 140 valence electrons. The van der Waals surface area contributed by atoms with Crippen LogP contribution in [0.5, 0.6) is 0 Å². The normalized spacial score (nSPS) is 22.4. The van der Waals surface area contributed by atoms with E-state index in [0.717, 1.165) is 0 Å². The molecule has 0 radical (unpaired) electrons. The molecule has 0 spiro atoms. The highest BCUT2D eigenvalue weighted by Gasteiger charge is 2.50. The number of halogens is 3. The van der Waals surface area contributed by atoms with Crippen LogP contribution in [0.4, 0.5) is 13.2 Å². The molecule has 1 heterocycles. The van der Waals surface area contributed by atoms with Gasteiger partial charge in [0, 0.05) is 5.31 Å². The summed E-state index contributed by atoms with van der Waals surface area (Å²) >= 11 is 0. The van der Waals surface area contributed by atoms with Crippen LogP contribution in [0.2, 0.25) is 5.31 Å². The average Bonchev–Trinajstić information content (AvgIpc) is 2.71. The predicted molar refractivity (Wildman–Crippen MR) is 104 cm³/mol. The largest absolute Gasteiger partial charge is 0.466 e. The van der Waals surface area contributed by atoms with Gasteiger partial charge in [0.05, 0.1) is 0 Å². The van der Waals surface area contributed by atoms with Gasteiger partial charge in [0.15, 0.2) is 0 Å². The Morgan fingerprint density at radius 2 is 1.29 bits per heavy atom. The smallest absolute Gasteiger partial charge is 0.448 e. The van der Waals surface area contributed by atoms with Gasteiger partial charge in [-0.05, 0) is 53.8 Å². The monoisotopic (exact) mass is 382 g/mol. The van der Waals surface area contributed by atoms with E-state index in [1.807, 2.05) is 6.92 Å². The van der Waals surface area contributed by atoms with Crippen LogP contribution >= 0.6 is 0 Å². The van der Waals surface area contributed by atoms with Crippen LogP contribution in [0.15, 0.2) is 72.6 Å². The number of rotatable bonds is 3. The Hall–Kier alpha value is -2.22. The second-order valence-electron chi connectivity index (χ2n) is 7.14. The Balaban J connectivity index is 1.65. The minimum Gasteiger partial charge on any atom is -0.448 e. The standard InChI is InChI=1S/C19H16B3F3O3/c1-19(12-10-18(25)11-13-19)22-27-20(14-2-6-16(23)7-3-14)26-21(28-22)15-4-8-17(24)9-5-15/h2-12H,13H2,1H3. The Labute approximate surface area is 162 Å². The second kappa shape index (κ2) is 7.66. The number of benzene rings is 2. The lowest BCUT2D eigenvalue weighted by Crippen LogP contribution is -2.60. The van der Waals surface area contributed by atoms with Crippen LogP contribution in [0.25, 0.3) is 0 Å². The van der Waals surface area contributed by atoms with Gasteiger partial charge >= 0.3 is 21.4 Å². The predicted octanol–water partition coefficient (Wildman–Crippen LogP) is 3.18. The first-order valence-corrected chi connectivity index (χ1v) is 8.95. The molecule has 0 aromatic heterocycles. The van der Waals surface area contributed by atoms with E-state index in [1.165, 1.54) is 36.4 Å². The fourth-order valence-corrected chi connectivity index (χ4v) is 3.20. The van der Waals surface area contributed by atoms with Crippen molar-refractivity contribution >= 4 is 32.3 Å². The first-order valence-electron chi connectivity index (χ1n) is 8.95. The van der Waals surface area contributed by atoms with Crippen molar-refractivity contribution < 1.29 is 26.9 Å². The minimum atomic E-state index is -0.824. The fraction of sp³-hybridized carbons (Fsp3) is 0.158. The van der Waals surface area contributed by atoms with Gasteiger partial charge in [-0.15, -0.1) is 0 Å². The lowest BCUT2D eigenvalue weighted by molar-refractivity contribution is 0.278. The van der Waals surface area contributed by atoms with Gasteiger partial charge in [0.1, 0.15) is 17.5 Å². The second-order valence-corrected chi connectivity index (χ2v) is 7.14. The number of allylic oxidation sites excluding steroid dienone is 4. The third kappa shape index (κ3) is 3.97. The van der Waals surface area contributed by atoms with Gasteiger partial charge in [-0.25, -0.2) is 13.2 Å². The molecule has 1 unspecified atom stereocenters. The van der Waals surface area contributed by atoms with Crippen LogP contribution in [-0.4, -0.2) is 21.4 Å². The van der Waals surface area contributed by atoms with Crippen molar-refractivity contribution in [3.05, 3.63) is 84.2 Å². The number of hydrogen-bond acceptors (Lipinski definition) is 3. The van der Waals surface area contributed by atoms with Crippen LogP contribution in [0.3, 0.4) is 0 Å². The Bertz CT molecular complexity index is 851. The zero-order valence-electron chi connectivity index (χ0n) is 15.1. The van der Waals surface area contributed by atoms with Crippen LogP contribution in [-0.2, 0) is 13.7 Å². The van der Waals surface area contributed by atoms with Crippen molar-refractivity contribution in [1.82, 2.24) is 0 Å². The maximum absolute atomic E-state index is 13.5. The van der Waals surface area contributed by atoms with Crippen molar-refractivity contribution in [2.45, 2.75) is 18.7 Å². The highest BCUT2D eigenvalue weighted by Crippen LogP contribution is 2.41. The van der Waals surface area contributed by atoms with E-state index in [9.17, 15) is 13.2 Å². The van der Waals surface area contributed by atoms with Crippen LogP contribution < -0.4 is 10.9 Å². The molecule has 4 rings (SSSR count). The molecule has 2 aliphatic rings. The first-order chi connectivity index (χ1) is 13.4. The van der Waals surface area contributed by atoms with Crippen molar-refractivity contribution in [2.75, 3.05) is 0 Å². The highest BCUT2D eigenvalue weighted by molar-refractivity contribution is 6.84. The Morgan fingerprint density at radius 3 is 1.71 bits per heavy atom. The van der Waals surface area contributed by atoms with Crippen molar-refractivity contribution in [3.63, 3.8) is 0 Å². The van der Waals surface area contributed by atoms with Gasteiger partial charge < -0.3 is 13.7 Å². The summed E-state index contributed by atoms with van der Waals surface area (Å²) in [5.74, 6) is -1.05. The average molecular weight is 382 g/mol. The van der Waals surface area contributed by atoms with E-state index in [4.69, 9.17) is 13.7 Å². The molecule has 1 fully saturated rings. The van der Waals surface area contributed by atoms with Crippen molar-refractivity contribution in [1.29, 1.82) is 0 Å². The lowest BCUT2D eigenvalue weighted by Gasteiger charge is -2.39. The van der Waals surface area contributed by atoms with E-state index >= 15 is 0 Å². The molecule has 1 aliphatic carbocycles. The summed E-state index contributed by atoms with van der Waals surface area (Å²) in [6.07, 6.45) is 4.95. The van der Waals surface area contributed by atoms with Crippen molar-refractivity contribution in [3.8, 4) is 0 Å².